The van der Waals surface area contributed by atoms with Gasteiger partial charge in [0.25, 0.3) is 11.5 Å². The molecule has 3 aromatic rings. The van der Waals surface area contributed by atoms with Gasteiger partial charge in [-0.05, 0) is 44.2 Å². The molecular formula is C22H22N2O5. The highest BCUT2D eigenvalue weighted by Gasteiger charge is 2.21. The van der Waals surface area contributed by atoms with Crippen molar-refractivity contribution < 1.29 is 19.4 Å². The van der Waals surface area contributed by atoms with Crippen LogP contribution in [0, 0.1) is 0 Å². The molecule has 0 aliphatic carbocycles. The molecule has 0 fully saturated rings. The van der Waals surface area contributed by atoms with Crippen LogP contribution in [0.25, 0.3) is 10.8 Å². The first-order valence-corrected chi connectivity index (χ1v) is 9.38. The van der Waals surface area contributed by atoms with Gasteiger partial charge in [0.2, 0.25) is 0 Å². The minimum Gasteiger partial charge on any atom is -0.486 e. The van der Waals surface area contributed by atoms with Crippen molar-refractivity contribution in [3.8, 4) is 11.5 Å². The van der Waals surface area contributed by atoms with Crippen molar-refractivity contribution in [1.29, 1.82) is 0 Å². The van der Waals surface area contributed by atoms with Crippen LogP contribution in [0.3, 0.4) is 0 Å². The molecule has 0 spiro atoms. The van der Waals surface area contributed by atoms with Crippen molar-refractivity contribution in [2.24, 2.45) is 0 Å². The van der Waals surface area contributed by atoms with Gasteiger partial charge in [0.05, 0.1) is 17.7 Å². The summed E-state index contributed by atoms with van der Waals surface area (Å²) in [7, 11) is 0. The first-order chi connectivity index (χ1) is 13.8. The Hall–Kier alpha value is -3.32. The quantitative estimate of drug-likeness (QED) is 0.710. The molecule has 0 unspecified atom stereocenters. The highest BCUT2D eigenvalue weighted by atomic mass is 16.6. The summed E-state index contributed by atoms with van der Waals surface area (Å²) in [5.41, 5.74) is -0.351. The number of carbonyl (C=O) groups excluding carboxylic acids is 1. The molecule has 0 saturated heterocycles. The predicted molar refractivity (Wildman–Crippen MR) is 110 cm³/mol. The number of hydrogen-bond acceptors (Lipinski definition) is 5. The van der Waals surface area contributed by atoms with Crippen molar-refractivity contribution >= 4 is 22.4 Å². The molecule has 0 saturated carbocycles. The Labute approximate surface area is 167 Å². The number of aromatic nitrogens is 1. The summed E-state index contributed by atoms with van der Waals surface area (Å²) in [5, 5.41) is 14.0. The number of hydrogen-bond donors (Lipinski definition) is 2. The number of pyridine rings is 1. The summed E-state index contributed by atoms with van der Waals surface area (Å²) < 4.78 is 12.6. The van der Waals surface area contributed by atoms with Gasteiger partial charge in [0.15, 0.2) is 11.5 Å². The second-order valence-electron chi connectivity index (χ2n) is 7.61. The van der Waals surface area contributed by atoms with Gasteiger partial charge in [0, 0.05) is 22.7 Å². The Kier molecular flexibility index (Phi) is 4.76. The van der Waals surface area contributed by atoms with Crippen molar-refractivity contribution in [2.45, 2.75) is 26.0 Å². The Morgan fingerprint density at radius 1 is 1.10 bits per heavy atom. The standard InChI is InChI=1S/C22H22N2O5/c1-22(2,27)13-24-10-9-14-15(21(24)26)5-3-7-17(14)23-20(25)16-6-4-8-18-19(16)29-12-11-28-18/h3-10,27H,11-13H2,1-2H3,(H,23,25). The fourth-order valence-corrected chi connectivity index (χ4v) is 3.41. The van der Waals surface area contributed by atoms with E-state index in [1.165, 1.54) is 4.57 Å². The summed E-state index contributed by atoms with van der Waals surface area (Å²) in [4.78, 5) is 25.7. The lowest BCUT2D eigenvalue weighted by Gasteiger charge is -2.21. The van der Waals surface area contributed by atoms with Crippen LogP contribution in [0.5, 0.6) is 11.5 Å². The summed E-state index contributed by atoms with van der Waals surface area (Å²) in [6.07, 6.45) is 1.62. The van der Waals surface area contributed by atoms with Gasteiger partial charge >= 0.3 is 0 Å². The van der Waals surface area contributed by atoms with Gasteiger partial charge in [-0.3, -0.25) is 9.59 Å². The molecule has 7 nitrogen and oxygen atoms in total. The maximum absolute atomic E-state index is 12.9. The second-order valence-corrected chi connectivity index (χ2v) is 7.61. The third kappa shape index (κ3) is 3.82. The topological polar surface area (TPSA) is 89.8 Å². The number of nitrogens with zero attached hydrogens (tertiary/aromatic N) is 1. The van der Waals surface area contributed by atoms with E-state index < -0.39 is 5.60 Å². The summed E-state index contributed by atoms with van der Waals surface area (Å²) >= 11 is 0. The van der Waals surface area contributed by atoms with E-state index >= 15 is 0 Å². The summed E-state index contributed by atoms with van der Waals surface area (Å²) in [5.74, 6) is 0.612. The number of benzene rings is 2. The molecule has 1 aliphatic rings. The first kappa shape index (κ1) is 19.0. The van der Waals surface area contributed by atoms with Crippen molar-refractivity contribution in [2.75, 3.05) is 18.5 Å². The number of rotatable bonds is 4. The number of carbonyl (C=O) groups is 1. The number of anilines is 1. The zero-order chi connectivity index (χ0) is 20.6. The van der Waals surface area contributed by atoms with Gasteiger partial charge in [-0.15, -0.1) is 0 Å². The van der Waals surface area contributed by atoms with E-state index in [1.807, 2.05) is 0 Å². The number of nitrogens with one attached hydrogen (secondary N) is 1. The highest BCUT2D eigenvalue weighted by molar-refractivity contribution is 6.10. The van der Waals surface area contributed by atoms with Crippen LogP contribution in [-0.4, -0.2) is 34.4 Å². The summed E-state index contributed by atoms with van der Waals surface area (Å²) in [6.45, 7) is 4.29. The number of para-hydroxylation sites is 1. The van der Waals surface area contributed by atoms with Gasteiger partial charge in [0.1, 0.15) is 13.2 Å². The molecule has 0 bridgehead atoms. The first-order valence-electron chi connectivity index (χ1n) is 9.38. The lowest BCUT2D eigenvalue weighted by molar-refractivity contribution is 0.0606. The Morgan fingerprint density at radius 3 is 2.66 bits per heavy atom. The molecule has 2 heterocycles. The van der Waals surface area contributed by atoms with Crippen molar-refractivity contribution in [3.05, 3.63) is 64.6 Å². The molecule has 2 aromatic carbocycles. The van der Waals surface area contributed by atoms with Gasteiger partial charge in [-0.25, -0.2) is 0 Å². The Morgan fingerprint density at radius 2 is 1.86 bits per heavy atom. The van der Waals surface area contributed by atoms with Crippen LogP contribution >= 0.6 is 0 Å². The maximum Gasteiger partial charge on any atom is 0.259 e. The molecule has 7 heteroatoms. The normalized spacial score (nSPS) is 13.3. The SMILES string of the molecule is CC(C)(O)Cn1ccc2c(NC(=O)c3cccc4c3OCCO4)cccc2c1=O. The molecule has 4 rings (SSSR count). The number of amides is 1. The molecule has 29 heavy (non-hydrogen) atoms. The van der Waals surface area contributed by atoms with E-state index in [4.69, 9.17) is 9.47 Å². The summed E-state index contributed by atoms with van der Waals surface area (Å²) in [6, 6.07) is 12.1. The fraction of sp³-hybridized carbons (Fsp3) is 0.273. The van der Waals surface area contributed by atoms with Crippen LogP contribution in [0.2, 0.25) is 0 Å². The monoisotopic (exact) mass is 394 g/mol. The third-order valence-corrected chi connectivity index (χ3v) is 4.63. The lowest BCUT2D eigenvalue weighted by atomic mass is 10.1. The van der Waals surface area contributed by atoms with Crippen LogP contribution in [0.1, 0.15) is 24.2 Å². The average molecular weight is 394 g/mol. The van der Waals surface area contributed by atoms with Crippen molar-refractivity contribution in [1.82, 2.24) is 4.57 Å². The van der Waals surface area contributed by atoms with Crippen LogP contribution in [-0.2, 0) is 6.54 Å². The van der Waals surface area contributed by atoms with Gasteiger partial charge < -0.3 is 24.5 Å². The number of ether oxygens (including phenoxy) is 2. The van der Waals surface area contributed by atoms with Crippen LogP contribution in [0.15, 0.2) is 53.5 Å². The smallest absolute Gasteiger partial charge is 0.259 e. The molecule has 1 aliphatic heterocycles. The molecule has 2 N–H and O–H groups in total. The molecular weight excluding hydrogens is 372 g/mol. The van der Waals surface area contributed by atoms with Gasteiger partial charge in [-0.1, -0.05) is 12.1 Å². The molecule has 150 valence electrons. The highest BCUT2D eigenvalue weighted by Crippen LogP contribution is 2.34. The predicted octanol–water partition coefficient (Wildman–Crippen LogP) is 2.80. The second kappa shape index (κ2) is 7.25. The van der Waals surface area contributed by atoms with Crippen molar-refractivity contribution in [3.63, 3.8) is 0 Å². The minimum atomic E-state index is -1.02. The van der Waals surface area contributed by atoms with E-state index in [0.29, 0.717) is 46.7 Å². The van der Waals surface area contributed by atoms with E-state index in [9.17, 15) is 14.7 Å². The Balaban J connectivity index is 1.70. The van der Waals surface area contributed by atoms with Gasteiger partial charge in [-0.2, -0.15) is 0 Å². The Bertz CT molecular complexity index is 1140. The minimum absolute atomic E-state index is 0.172. The molecule has 0 atom stereocenters. The maximum atomic E-state index is 12.9. The molecule has 1 amide bonds. The lowest BCUT2D eigenvalue weighted by Crippen LogP contribution is -2.32. The fourth-order valence-electron chi connectivity index (χ4n) is 3.41. The van der Waals surface area contributed by atoms with Crippen LogP contribution in [0.4, 0.5) is 5.69 Å². The number of fused-ring (bicyclic) bond motifs is 2. The zero-order valence-corrected chi connectivity index (χ0v) is 16.3. The van der Waals surface area contributed by atoms with E-state index in [0.717, 1.165) is 0 Å². The zero-order valence-electron chi connectivity index (χ0n) is 16.3. The third-order valence-electron chi connectivity index (χ3n) is 4.63. The van der Waals surface area contributed by atoms with E-state index in [1.54, 1.807) is 62.5 Å². The average Bonchev–Trinajstić information content (AvgIpc) is 2.69. The molecule has 1 aromatic heterocycles. The number of aliphatic hydroxyl groups is 1. The largest absolute Gasteiger partial charge is 0.486 e. The molecule has 0 radical (unpaired) electrons. The van der Waals surface area contributed by atoms with E-state index in [2.05, 4.69) is 5.32 Å². The van der Waals surface area contributed by atoms with Crippen LogP contribution < -0.4 is 20.3 Å². The van der Waals surface area contributed by atoms with E-state index in [-0.39, 0.29) is 18.0 Å².